The molecular formula is C13H15NO3. The number of esters is 1. The van der Waals surface area contributed by atoms with Crippen molar-refractivity contribution in [3.63, 3.8) is 0 Å². The van der Waals surface area contributed by atoms with Gasteiger partial charge in [0, 0.05) is 0 Å². The summed E-state index contributed by atoms with van der Waals surface area (Å²) in [5.74, 6) is -0.371. The average Bonchev–Trinajstić information content (AvgIpc) is 2.84. The summed E-state index contributed by atoms with van der Waals surface area (Å²) in [5.41, 5.74) is 0.212. The van der Waals surface area contributed by atoms with Gasteiger partial charge in [0.2, 0.25) is 0 Å². The zero-order chi connectivity index (χ0) is 12.3. The van der Waals surface area contributed by atoms with Gasteiger partial charge < -0.3 is 9.47 Å². The summed E-state index contributed by atoms with van der Waals surface area (Å²) in [7, 11) is 1.36. The van der Waals surface area contributed by atoms with E-state index in [1.54, 1.807) is 0 Å². The molecule has 4 heteroatoms. The summed E-state index contributed by atoms with van der Waals surface area (Å²) in [4.78, 5) is 15.8. The molecule has 0 unspecified atom stereocenters. The van der Waals surface area contributed by atoms with Crippen molar-refractivity contribution in [1.82, 2.24) is 0 Å². The van der Waals surface area contributed by atoms with Crippen molar-refractivity contribution in [1.29, 1.82) is 0 Å². The molecule has 0 bridgehead atoms. The molecule has 1 aliphatic rings. The van der Waals surface area contributed by atoms with E-state index >= 15 is 0 Å². The van der Waals surface area contributed by atoms with Gasteiger partial charge in [-0.3, -0.25) is 0 Å². The molecule has 0 fully saturated rings. The number of carbonyl (C=O) groups excluding carboxylic acids is 1. The van der Waals surface area contributed by atoms with E-state index in [0.29, 0.717) is 6.42 Å². The van der Waals surface area contributed by atoms with Crippen LogP contribution in [0.2, 0.25) is 0 Å². The van der Waals surface area contributed by atoms with E-state index in [9.17, 15) is 4.79 Å². The van der Waals surface area contributed by atoms with Crippen LogP contribution in [0.4, 0.5) is 0 Å². The van der Waals surface area contributed by atoms with Gasteiger partial charge in [-0.25, -0.2) is 9.79 Å². The molecule has 0 aromatic heterocycles. The first-order valence-corrected chi connectivity index (χ1v) is 5.57. The minimum Gasteiger partial charge on any atom is -0.470 e. The third kappa shape index (κ3) is 1.79. The highest BCUT2D eigenvalue weighted by Crippen LogP contribution is 2.38. The van der Waals surface area contributed by atoms with Gasteiger partial charge in [0.25, 0.3) is 0 Å². The molecule has 1 aromatic rings. The SMILES string of the molecule is CC[C@@]1(c2ccccc2)OC=N[C@H]1C(=O)OC. The standard InChI is InChI=1S/C13H15NO3/c1-3-13(10-7-5-4-6-8-10)11(12(15)16-2)14-9-17-13/h4-9,11H,3H2,1-2H3/t11-,13-/m0/s1. The van der Waals surface area contributed by atoms with Gasteiger partial charge in [0.15, 0.2) is 18.0 Å². The van der Waals surface area contributed by atoms with Crippen molar-refractivity contribution in [3.05, 3.63) is 35.9 Å². The quantitative estimate of drug-likeness (QED) is 0.749. The first kappa shape index (κ1) is 11.6. The molecule has 1 aromatic carbocycles. The summed E-state index contributed by atoms with van der Waals surface area (Å²) in [6, 6.07) is 9.02. The average molecular weight is 233 g/mol. The molecule has 0 radical (unpaired) electrons. The predicted octanol–water partition coefficient (Wildman–Crippen LogP) is 1.89. The van der Waals surface area contributed by atoms with Crippen LogP contribution < -0.4 is 0 Å². The van der Waals surface area contributed by atoms with Gasteiger partial charge in [-0.1, -0.05) is 37.3 Å². The van der Waals surface area contributed by atoms with E-state index in [1.807, 2.05) is 37.3 Å². The highest BCUT2D eigenvalue weighted by Gasteiger charge is 2.48. The molecule has 90 valence electrons. The molecule has 0 saturated carbocycles. The zero-order valence-corrected chi connectivity index (χ0v) is 9.92. The van der Waals surface area contributed by atoms with Crippen molar-refractivity contribution >= 4 is 12.4 Å². The Morgan fingerprint density at radius 1 is 1.47 bits per heavy atom. The molecule has 17 heavy (non-hydrogen) atoms. The van der Waals surface area contributed by atoms with E-state index < -0.39 is 11.6 Å². The van der Waals surface area contributed by atoms with Crippen LogP contribution in [-0.4, -0.2) is 25.5 Å². The van der Waals surface area contributed by atoms with E-state index in [-0.39, 0.29) is 5.97 Å². The van der Waals surface area contributed by atoms with E-state index in [4.69, 9.17) is 9.47 Å². The Morgan fingerprint density at radius 2 is 2.18 bits per heavy atom. The van der Waals surface area contributed by atoms with E-state index in [1.165, 1.54) is 13.5 Å². The van der Waals surface area contributed by atoms with Crippen LogP contribution in [0.25, 0.3) is 0 Å². The Hall–Kier alpha value is -1.84. The van der Waals surface area contributed by atoms with Gasteiger partial charge in [0.1, 0.15) is 0 Å². The number of hydrogen-bond acceptors (Lipinski definition) is 4. The normalized spacial score (nSPS) is 26.6. The van der Waals surface area contributed by atoms with Crippen LogP contribution in [0.3, 0.4) is 0 Å². The number of carbonyl (C=O) groups is 1. The van der Waals surface area contributed by atoms with Gasteiger partial charge in [-0.15, -0.1) is 0 Å². The van der Waals surface area contributed by atoms with Crippen LogP contribution in [0.15, 0.2) is 35.3 Å². The lowest BCUT2D eigenvalue weighted by atomic mass is 9.84. The number of hydrogen-bond donors (Lipinski definition) is 0. The van der Waals surface area contributed by atoms with Gasteiger partial charge >= 0.3 is 5.97 Å². The fraction of sp³-hybridized carbons (Fsp3) is 0.385. The predicted molar refractivity (Wildman–Crippen MR) is 63.8 cm³/mol. The summed E-state index contributed by atoms with van der Waals surface area (Å²) in [6.07, 6.45) is 1.99. The Kier molecular flexibility index (Phi) is 3.13. The van der Waals surface area contributed by atoms with Crippen LogP contribution in [0.5, 0.6) is 0 Å². The third-order valence-electron chi connectivity index (χ3n) is 3.13. The largest absolute Gasteiger partial charge is 0.470 e. The fourth-order valence-corrected chi connectivity index (χ4v) is 2.16. The second-order valence-corrected chi connectivity index (χ2v) is 3.91. The maximum Gasteiger partial charge on any atom is 0.335 e. The molecule has 2 atom stereocenters. The summed E-state index contributed by atoms with van der Waals surface area (Å²) in [5, 5.41) is 0. The van der Waals surface area contributed by atoms with Gasteiger partial charge in [-0.05, 0) is 12.0 Å². The summed E-state index contributed by atoms with van der Waals surface area (Å²) >= 11 is 0. The van der Waals surface area contributed by atoms with Gasteiger partial charge in [-0.2, -0.15) is 0 Å². The molecule has 2 rings (SSSR count). The first-order valence-electron chi connectivity index (χ1n) is 5.57. The molecule has 0 spiro atoms. The number of benzene rings is 1. The second-order valence-electron chi connectivity index (χ2n) is 3.91. The molecule has 0 amide bonds. The van der Waals surface area contributed by atoms with Crippen molar-refractivity contribution < 1.29 is 14.3 Å². The van der Waals surface area contributed by atoms with Gasteiger partial charge in [0.05, 0.1) is 7.11 Å². The fourth-order valence-electron chi connectivity index (χ4n) is 2.16. The molecule has 0 N–H and O–H groups in total. The number of nitrogens with zero attached hydrogens (tertiary/aromatic N) is 1. The van der Waals surface area contributed by atoms with Crippen LogP contribution in [0, 0.1) is 0 Å². The Morgan fingerprint density at radius 3 is 2.76 bits per heavy atom. The Bertz CT molecular complexity index is 430. The van der Waals surface area contributed by atoms with E-state index in [2.05, 4.69) is 4.99 Å². The van der Waals surface area contributed by atoms with Crippen molar-refractivity contribution in [2.45, 2.75) is 25.0 Å². The number of methoxy groups -OCH3 is 1. The summed E-state index contributed by atoms with van der Waals surface area (Å²) in [6.45, 7) is 1.97. The molecule has 4 nitrogen and oxygen atoms in total. The van der Waals surface area contributed by atoms with Crippen LogP contribution in [-0.2, 0) is 19.9 Å². The maximum absolute atomic E-state index is 11.7. The molecule has 0 saturated heterocycles. The van der Waals surface area contributed by atoms with Crippen molar-refractivity contribution in [3.8, 4) is 0 Å². The first-order chi connectivity index (χ1) is 8.24. The number of rotatable bonds is 3. The number of aliphatic imine (C=N–C) groups is 1. The summed E-state index contributed by atoms with van der Waals surface area (Å²) < 4.78 is 10.4. The minimum atomic E-state index is -0.728. The maximum atomic E-state index is 11.7. The highest BCUT2D eigenvalue weighted by molar-refractivity contribution is 5.81. The molecule has 0 aliphatic carbocycles. The lowest BCUT2D eigenvalue weighted by Crippen LogP contribution is -2.42. The van der Waals surface area contributed by atoms with Crippen molar-refractivity contribution in [2.24, 2.45) is 4.99 Å². The molecular weight excluding hydrogens is 218 g/mol. The topological polar surface area (TPSA) is 47.9 Å². The monoisotopic (exact) mass is 233 g/mol. The smallest absolute Gasteiger partial charge is 0.335 e. The van der Waals surface area contributed by atoms with Crippen LogP contribution >= 0.6 is 0 Å². The van der Waals surface area contributed by atoms with Crippen LogP contribution in [0.1, 0.15) is 18.9 Å². The van der Waals surface area contributed by atoms with E-state index in [0.717, 1.165) is 5.56 Å². The Labute approximate surface area is 100 Å². The Balaban J connectivity index is 2.41. The lowest BCUT2D eigenvalue weighted by Gasteiger charge is -2.31. The zero-order valence-electron chi connectivity index (χ0n) is 9.92. The highest BCUT2D eigenvalue weighted by atomic mass is 16.5. The molecule has 1 aliphatic heterocycles. The third-order valence-corrected chi connectivity index (χ3v) is 3.13. The lowest BCUT2D eigenvalue weighted by molar-refractivity contribution is -0.147. The minimum absolute atomic E-state index is 0.371. The molecule has 1 heterocycles. The van der Waals surface area contributed by atoms with Crippen molar-refractivity contribution in [2.75, 3.05) is 7.11 Å². The second kappa shape index (κ2) is 4.57. The number of ether oxygens (including phenoxy) is 2.